The Kier molecular flexibility index (Phi) is 37.2. The van der Waals surface area contributed by atoms with Crippen molar-refractivity contribution < 1.29 is 19.4 Å². The summed E-state index contributed by atoms with van der Waals surface area (Å²) in [5.74, 6) is -0.250. The lowest BCUT2D eigenvalue weighted by Gasteiger charge is -2.15. The Hall–Kier alpha value is -2.69. The maximum Gasteiger partial charge on any atom is 0.306 e. The van der Waals surface area contributed by atoms with Gasteiger partial charge in [0.05, 0.1) is 13.2 Å². The molecule has 0 aromatic rings. The summed E-state index contributed by atoms with van der Waals surface area (Å²) >= 11 is 0. The minimum Gasteiger partial charge on any atom is -0.457 e. The van der Waals surface area contributed by atoms with E-state index in [9.17, 15) is 9.90 Å². The molecule has 1 unspecified atom stereocenters. The minimum atomic E-state index is -0.568. The Balaban J connectivity index is 3.58. The lowest BCUT2D eigenvalue weighted by Crippen LogP contribution is -2.27. The topological polar surface area (TPSA) is 55.8 Å². The largest absolute Gasteiger partial charge is 0.457 e. The molecule has 0 aromatic carbocycles. The molecular weight excluding hydrogens is 580 g/mol. The van der Waals surface area contributed by atoms with Crippen LogP contribution < -0.4 is 0 Å². The van der Waals surface area contributed by atoms with Gasteiger partial charge in [0.2, 0.25) is 0 Å². The van der Waals surface area contributed by atoms with Gasteiger partial charge in [-0.3, -0.25) is 4.79 Å². The highest BCUT2D eigenvalue weighted by molar-refractivity contribution is 5.69. The summed E-state index contributed by atoms with van der Waals surface area (Å²) in [5, 5.41) is 9.56. The van der Waals surface area contributed by atoms with Gasteiger partial charge in [-0.25, -0.2) is 0 Å². The Labute approximate surface area is 290 Å². The molecule has 0 amide bonds. The average Bonchev–Trinajstić information content (AvgIpc) is 3.08. The van der Waals surface area contributed by atoms with E-state index in [4.69, 9.17) is 9.47 Å². The first kappa shape index (κ1) is 44.3. The van der Waals surface area contributed by atoms with E-state index in [1.54, 1.807) is 0 Å². The highest BCUT2D eigenvalue weighted by Gasteiger charge is 2.13. The van der Waals surface area contributed by atoms with Crippen LogP contribution in [0.3, 0.4) is 0 Å². The second-order valence-electron chi connectivity index (χ2n) is 11.9. The molecule has 0 saturated heterocycles. The molecule has 0 aromatic heterocycles. The molecule has 0 radical (unpaired) electrons. The Bertz CT molecular complexity index is 903. The smallest absolute Gasteiger partial charge is 0.306 e. The molecule has 0 saturated carbocycles. The van der Waals surface area contributed by atoms with Crippen molar-refractivity contribution in [2.24, 2.45) is 0 Å². The van der Waals surface area contributed by atoms with Crippen molar-refractivity contribution in [2.75, 3.05) is 19.8 Å². The van der Waals surface area contributed by atoms with Crippen LogP contribution in [0.4, 0.5) is 0 Å². The van der Waals surface area contributed by atoms with Crippen LogP contribution in [0.15, 0.2) is 97.2 Å². The molecule has 0 aliphatic rings. The van der Waals surface area contributed by atoms with Gasteiger partial charge >= 0.3 is 5.97 Å². The molecule has 4 heteroatoms. The van der Waals surface area contributed by atoms with Crippen molar-refractivity contribution in [3.05, 3.63) is 97.2 Å². The van der Waals surface area contributed by atoms with E-state index in [1.165, 1.54) is 38.5 Å². The third-order valence-corrected chi connectivity index (χ3v) is 7.40. The average molecular weight is 651 g/mol. The SMILES string of the molecule is CC/C=C\C/C=C\C/C=C\C/C=C\CCCCCCCCCOCC(CO)OC(=O)CCCC/C=C\C/C=C\C/C=C\C/C=C\CC. The van der Waals surface area contributed by atoms with E-state index < -0.39 is 6.10 Å². The third-order valence-electron chi connectivity index (χ3n) is 7.40. The Morgan fingerprint density at radius 3 is 1.34 bits per heavy atom. The van der Waals surface area contributed by atoms with E-state index in [0.29, 0.717) is 13.0 Å². The molecule has 1 atom stereocenters. The van der Waals surface area contributed by atoms with E-state index in [-0.39, 0.29) is 19.2 Å². The van der Waals surface area contributed by atoms with Gasteiger partial charge in [0.25, 0.3) is 0 Å². The van der Waals surface area contributed by atoms with Crippen molar-refractivity contribution in [1.82, 2.24) is 0 Å². The van der Waals surface area contributed by atoms with Crippen LogP contribution >= 0.6 is 0 Å². The lowest BCUT2D eigenvalue weighted by molar-refractivity contribution is -0.154. The van der Waals surface area contributed by atoms with E-state index >= 15 is 0 Å². The van der Waals surface area contributed by atoms with Crippen molar-refractivity contribution in [1.29, 1.82) is 0 Å². The standard InChI is InChI=1S/C43H70O4/c1-3-5-7-9-11-13-15-17-19-20-21-22-23-25-27-29-31-33-35-37-39-46-41-42(40-44)47-43(45)38-36-34-32-30-28-26-24-18-16-14-12-10-8-6-4-2/h5-8,11-14,17-19,21-22,24,28,30,42,44H,3-4,9-10,15-16,20,23,25-27,29,31-41H2,1-2H3/b7-5-,8-6-,13-11-,14-12-,19-17-,22-21-,24-18-,30-28-. The molecule has 0 fully saturated rings. The van der Waals surface area contributed by atoms with Crippen LogP contribution in [0, 0.1) is 0 Å². The van der Waals surface area contributed by atoms with E-state index in [1.807, 2.05) is 0 Å². The number of ether oxygens (including phenoxy) is 2. The number of unbranched alkanes of at least 4 members (excludes halogenated alkanes) is 9. The highest BCUT2D eigenvalue weighted by atomic mass is 16.6. The molecule has 0 bridgehead atoms. The number of carbonyl (C=O) groups is 1. The van der Waals surface area contributed by atoms with Gasteiger partial charge in [-0.05, 0) is 89.9 Å². The van der Waals surface area contributed by atoms with Gasteiger partial charge < -0.3 is 14.6 Å². The monoisotopic (exact) mass is 651 g/mol. The number of allylic oxidation sites excluding steroid dienone is 16. The zero-order chi connectivity index (χ0) is 34.1. The predicted molar refractivity (Wildman–Crippen MR) is 205 cm³/mol. The molecule has 266 valence electrons. The molecule has 0 spiro atoms. The quantitative estimate of drug-likeness (QED) is 0.0436. The first-order valence-corrected chi connectivity index (χ1v) is 18.8. The summed E-state index contributed by atoms with van der Waals surface area (Å²) in [6.45, 7) is 5.02. The summed E-state index contributed by atoms with van der Waals surface area (Å²) in [7, 11) is 0. The number of aliphatic hydroxyl groups excluding tert-OH is 1. The first-order chi connectivity index (χ1) is 23.2. The maximum atomic E-state index is 12.1. The van der Waals surface area contributed by atoms with Crippen LogP contribution in [-0.2, 0) is 14.3 Å². The third kappa shape index (κ3) is 37.6. The number of esters is 1. The normalized spacial score (nSPS) is 13.5. The molecule has 0 heterocycles. The summed E-state index contributed by atoms with van der Waals surface area (Å²) in [6.07, 6.45) is 55.9. The summed E-state index contributed by atoms with van der Waals surface area (Å²) < 4.78 is 11.1. The molecule has 0 aliphatic heterocycles. The first-order valence-electron chi connectivity index (χ1n) is 18.8. The van der Waals surface area contributed by atoms with Crippen LogP contribution in [-0.4, -0.2) is 37.0 Å². The van der Waals surface area contributed by atoms with Gasteiger partial charge in [-0.1, -0.05) is 143 Å². The molecular formula is C43H70O4. The van der Waals surface area contributed by atoms with E-state index in [0.717, 1.165) is 83.5 Å². The minimum absolute atomic E-state index is 0.200. The number of hydrogen-bond acceptors (Lipinski definition) is 4. The Morgan fingerprint density at radius 2 is 0.894 bits per heavy atom. The Morgan fingerprint density at radius 1 is 0.511 bits per heavy atom. The number of rotatable bonds is 33. The van der Waals surface area contributed by atoms with Crippen LogP contribution in [0.25, 0.3) is 0 Å². The van der Waals surface area contributed by atoms with Gasteiger partial charge in [0.1, 0.15) is 6.10 Å². The molecule has 0 rings (SSSR count). The molecule has 0 aliphatic carbocycles. The lowest BCUT2D eigenvalue weighted by atomic mass is 10.1. The van der Waals surface area contributed by atoms with Gasteiger partial charge in [0, 0.05) is 13.0 Å². The fourth-order valence-electron chi connectivity index (χ4n) is 4.66. The van der Waals surface area contributed by atoms with Gasteiger partial charge in [-0.2, -0.15) is 0 Å². The zero-order valence-corrected chi connectivity index (χ0v) is 30.3. The number of carbonyl (C=O) groups excluding carboxylic acids is 1. The molecule has 1 N–H and O–H groups in total. The molecule has 47 heavy (non-hydrogen) atoms. The van der Waals surface area contributed by atoms with Gasteiger partial charge in [-0.15, -0.1) is 0 Å². The fourth-order valence-corrected chi connectivity index (χ4v) is 4.66. The van der Waals surface area contributed by atoms with Crippen LogP contribution in [0.2, 0.25) is 0 Å². The maximum absolute atomic E-state index is 12.1. The van der Waals surface area contributed by atoms with Crippen molar-refractivity contribution in [3.63, 3.8) is 0 Å². The fraction of sp³-hybridized carbons (Fsp3) is 0.605. The van der Waals surface area contributed by atoms with E-state index in [2.05, 4.69) is 111 Å². The van der Waals surface area contributed by atoms with Gasteiger partial charge in [0.15, 0.2) is 0 Å². The second kappa shape index (κ2) is 39.5. The van der Waals surface area contributed by atoms with Crippen LogP contribution in [0.5, 0.6) is 0 Å². The van der Waals surface area contributed by atoms with Crippen molar-refractivity contribution in [3.8, 4) is 0 Å². The summed E-state index contributed by atoms with van der Waals surface area (Å²) in [4.78, 5) is 12.1. The van der Waals surface area contributed by atoms with Crippen molar-refractivity contribution >= 4 is 5.97 Å². The molecule has 4 nitrogen and oxygen atoms in total. The van der Waals surface area contributed by atoms with Crippen LogP contribution in [0.1, 0.15) is 142 Å². The summed E-state index contributed by atoms with van der Waals surface area (Å²) in [5.41, 5.74) is 0. The summed E-state index contributed by atoms with van der Waals surface area (Å²) in [6, 6.07) is 0. The predicted octanol–water partition coefficient (Wildman–Crippen LogP) is 12.2. The highest BCUT2D eigenvalue weighted by Crippen LogP contribution is 2.10. The van der Waals surface area contributed by atoms with Crippen molar-refractivity contribution in [2.45, 2.75) is 148 Å². The number of aliphatic hydroxyl groups is 1. The second-order valence-corrected chi connectivity index (χ2v) is 11.9. The zero-order valence-electron chi connectivity index (χ0n) is 30.3. The number of hydrogen-bond donors (Lipinski definition) is 1.